The van der Waals surface area contributed by atoms with E-state index in [1.807, 2.05) is 66.7 Å². The third-order valence-electron chi connectivity index (χ3n) is 5.33. The Morgan fingerprint density at radius 2 is 1.76 bits per heavy atom. The zero-order valence-electron chi connectivity index (χ0n) is 18.5. The molecule has 0 radical (unpaired) electrons. The first-order chi connectivity index (χ1) is 16.6. The fourth-order valence-electron chi connectivity index (χ4n) is 3.60. The van der Waals surface area contributed by atoms with Crippen LogP contribution in [0.4, 0.5) is 5.69 Å². The van der Waals surface area contributed by atoms with Gasteiger partial charge in [0, 0.05) is 27.6 Å². The van der Waals surface area contributed by atoms with Crippen molar-refractivity contribution in [2.75, 3.05) is 19.5 Å². The van der Waals surface area contributed by atoms with E-state index in [2.05, 4.69) is 15.5 Å². The van der Waals surface area contributed by atoms with Gasteiger partial charge in [0.1, 0.15) is 0 Å². The van der Waals surface area contributed by atoms with Gasteiger partial charge in [0.15, 0.2) is 23.4 Å². The molecule has 0 saturated carbocycles. The topological polar surface area (TPSA) is 78.4 Å². The number of hydrogen-bond acceptors (Lipinski definition) is 8. The third-order valence-corrected chi connectivity index (χ3v) is 6.49. The third kappa shape index (κ3) is 4.60. The van der Waals surface area contributed by atoms with Crippen LogP contribution in [0.3, 0.4) is 0 Å². The predicted octanol–water partition coefficient (Wildman–Crippen LogP) is 6.00. The molecule has 2 heterocycles. The van der Waals surface area contributed by atoms with E-state index < -0.39 is 6.23 Å². The van der Waals surface area contributed by atoms with Crippen LogP contribution < -0.4 is 19.5 Å². The first-order valence-electron chi connectivity index (χ1n) is 10.5. The molecule has 1 N–H and O–H groups in total. The lowest BCUT2D eigenvalue weighted by Crippen LogP contribution is -2.17. The Morgan fingerprint density at radius 3 is 2.56 bits per heavy atom. The maximum absolute atomic E-state index is 6.36. The molecule has 172 valence electrons. The van der Waals surface area contributed by atoms with E-state index in [0.717, 1.165) is 22.4 Å². The van der Waals surface area contributed by atoms with Crippen LogP contribution in [-0.4, -0.2) is 29.4 Å². The monoisotopic (exact) mass is 492 g/mol. The summed E-state index contributed by atoms with van der Waals surface area (Å²) in [6, 6.07) is 21.2. The highest BCUT2D eigenvalue weighted by molar-refractivity contribution is 7.98. The van der Waals surface area contributed by atoms with Gasteiger partial charge in [0.05, 0.1) is 14.2 Å². The Labute approximate surface area is 206 Å². The van der Waals surface area contributed by atoms with Crippen molar-refractivity contribution in [3.05, 3.63) is 82.9 Å². The summed E-state index contributed by atoms with van der Waals surface area (Å²) in [5.41, 5.74) is 4.30. The van der Waals surface area contributed by atoms with Crippen LogP contribution in [-0.2, 0) is 5.75 Å². The molecular formula is C25H21ClN4O3S. The summed E-state index contributed by atoms with van der Waals surface area (Å²) in [5.74, 6) is 2.35. The number of anilines is 1. The van der Waals surface area contributed by atoms with E-state index in [1.54, 1.807) is 14.2 Å². The number of rotatable bonds is 6. The normalized spacial score (nSPS) is 14.1. The highest BCUT2D eigenvalue weighted by atomic mass is 35.5. The maximum Gasteiger partial charge on any atom is 0.247 e. The molecule has 1 atom stereocenters. The molecule has 5 rings (SSSR count). The quantitative estimate of drug-likeness (QED) is 0.328. The molecular weight excluding hydrogens is 472 g/mol. The lowest BCUT2D eigenvalue weighted by molar-refractivity contribution is 0.224. The highest BCUT2D eigenvalue weighted by Crippen LogP contribution is 2.41. The van der Waals surface area contributed by atoms with Gasteiger partial charge in [-0.15, -0.1) is 10.2 Å². The molecule has 0 unspecified atom stereocenters. The van der Waals surface area contributed by atoms with Gasteiger partial charge in [-0.2, -0.15) is 4.98 Å². The number of aromatic nitrogens is 3. The van der Waals surface area contributed by atoms with Crippen LogP contribution in [0.15, 0.2) is 71.9 Å². The lowest BCUT2D eigenvalue weighted by atomic mass is 10.1. The molecule has 0 saturated heterocycles. The minimum Gasteiger partial charge on any atom is -0.493 e. The van der Waals surface area contributed by atoms with Crippen molar-refractivity contribution >= 4 is 29.1 Å². The predicted molar refractivity (Wildman–Crippen MR) is 133 cm³/mol. The fourth-order valence-corrected chi connectivity index (χ4v) is 4.46. The molecule has 3 aromatic carbocycles. The Hall–Kier alpha value is -3.49. The van der Waals surface area contributed by atoms with Crippen molar-refractivity contribution in [1.82, 2.24) is 15.2 Å². The second-order valence-electron chi connectivity index (χ2n) is 7.47. The number of nitrogens with one attached hydrogen (secondary N) is 1. The summed E-state index contributed by atoms with van der Waals surface area (Å²) in [5, 5.41) is 13.5. The summed E-state index contributed by atoms with van der Waals surface area (Å²) in [7, 11) is 3.21. The number of hydrogen-bond donors (Lipinski definition) is 1. The van der Waals surface area contributed by atoms with Crippen molar-refractivity contribution < 1.29 is 14.2 Å². The largest absolute Gasteiger partial charge is 0.493 e. The first-order valence-corrected chi connectivity index (χ1v) is 11.9. The molecule has 0 spiro atoms. The summed E-state index contributed by atoms with van der Waals surface area (Å²) < 4.78 is 17.2. The summed E-state index contributed by atoms with van der Waals surface area (Å²) in [4.78, 5) is 4.70. The molecule has 4 aromatic rings. The Balaban J connectivity index is 1.48. The van der Waals surface area contributed by atoms with Crippen LogP contribution in [0.2, 0.25) is 5.02 Å². The molecule has 1 aliphatic heterocycles. The summed E-state index contributed by atoms with van der Waals surface area (Å²) in [6.45, 7) is 0. The lowest BCUT2D eigenvalue weighted by Gasteiger charge is -2.20. The SMILES string of the molecule is COc1ccc([C@@H]2Nc3ccccc3-c3nnc(SCc4ccc(Cl)cc4)nc3O2)cc1OC. The summed E-state index contributed by atoms with van der Waals surface area (Å²) in [6.07, 6.45) is -0.520. The maximum atomic E-state index is 6.36. The number of ether oxygens (including phenoxy) is 3. The van der Waals surface area contributed by atoms with Gasteiger partial charge in [-0.05, 0) is 42.0 Å². The van der Waals surface area contributed by atoms with E-state index >= 15 is 0 Å². The van der Waals surface area contributed by atoms with Crippen LogP contribution in [0, 0.1) is 0 Å². The van der Waals surface area contributed by atoms with Crippen molar-refractivity contribution in [2.45, 2.75) is 17.1 Å². The average Bonchev–Trinajstić information content (AvgIpc) is 3.04. The van der Waals surface area contributed by atoms with Gasteiger partial charge in [-0.3, -0.25) is 0 Å². The second-order valence-corrected chi connectivity index (χ2v) is 8.84. The average molecular weight is 493 g/mol. The van der Waals surface area contributed by atoms with Gasteiger partial charge in [-0.1, -0.05) is 53.7 Å². The first kappa shape index (κ1) is 22.3. The molecule has 7 nitrogen and oxygen atoms in total. The van der Waals surface area contributed by atoms with Crippen molar-refractivity contribution in [3.8, 4) is 28.6 Å². The van der Waals surface area contributed by atoms with Gasteiger partial charge < -0.3 is 19.5 Å². The Kier molecular flexibility index (Phi) is 6.42. The Morgan fingerprint density at radius 1 is 0.971 bits per heavy atom. The summed E-state index contributed by atoms with van der Waals surface area (Å²) >= 11 is 7.47. The standard InChI is InChI=1S/C25H21ClN4O3S/c1-31-20-12-9-16(13-21(20)32-2)23-27-19-6-4-3-5-18(19)22-24(33-23)28-25(30-29-22)34-14-15-7-10-17(26)11-8-15/h3-13,23,27H,14H2,1-2H3/t23-/m1/s1. The molecule has 9 heteroatoms. The molecule has 0 bridgehead atoms. The molecule has 1 aliphatic rings. The van der Waals surface area contributed by atoms with Crippen LogP contribution in [0.1, 0.15) is 17.4 Å². The number of halogens is 1. The minimum absolute atomic E-state index is 0.408. The van der Waals surface area contributed by atoms with E-state index in [4.69, 9.17) is 30.8 Å². The van der Waals surface area contributed by atoms with E-state index in [0.29, 0.717) is 39.0 Å². The highest BCUT2D eigenvalue weighted by Gasteiger charge is 2.26. The van der Waals surface area contributed by atoms with E-state index in [1.165, 1.54) is 11.8 Å². The van der Waals surface area contributed by atoms with Gasteiger partial charge in [0.25, 0.3) is 0 Å². The van der Waals surface area contributed by atoms with E-state index in [9.17, 15) is 0 Å². The number of nitrogens with zero attached hydrogens (tertiary/aromatic N) is 3. The molecule has 1 aromatic heterocycles. The van der Waals surface area contributed by atoms with Crippen LogP contribution >= 0.6 is 23.4 Å². The molecule has 0 aliphatic carbocycles. The smallest absolute Gasteiger partial charge is 0.247 e. The van der Waals surface area contributed by atoms with Gasteiger partial charge in [0.2, 0.25) is 11.0 Å². The molecule has 0 fully saturated rings. The van der Waals surface area contributed by atoms with Crippen LogP contribution in [0.25, 0.3) is 11.3 Å². The zero-order valence-corrected chi connectivity index (χ0v) is 20.1. The van der Waals surface area contributed by atoms with Crippen molar-refractivity contribution in [1.29, 1.82) is 0 Å². The number of fused-ring (bicyclic) bond motifs is 3. The number of methoxy groups -OCH3 is 2. The van der Waals surface area contributed by atoms with Gasteiger partial charge in [-0.25, -0.2) is 0 Å². The molecule has 34 heavy (non-hydrogen) atoms. The number of benzene rings is 3. The second kappa shape index (κ2) is 9.79. The van der Waals surface area contributed by atoms with Crippen molar-refractivity contribution in [3.63, 3.8) is 0 Å². The van der Waals surface area contributed by atoms with Gasteiger partial charge >= 0.3 is 0 Å². The molecule has 0 amide bonds. The number of thioether (sulfide) groups is 1. The number of para-hydroxylation sites is 1. The van der Waals surface area contributed by atoms with Crippen LogP contribution in [0.5, 0.6) is 17.4 Å². The van der Waals surface area contributed by atoms with Crippen molar-refractivity contribution in [2.24, 2.45) is 0 Å². The minimum atomic E-state index is -0.520. The Bertz CT molecular complexity index is 1320. The fraction of sp³-hybridized carbons (Fsp3) is 0.160. The zero-order chi connectivity index (χ0) is 23.5. The van der Waals surface area contributed by atoms with E-state index in [-0.39, 0.29) is 0 Å².